The molecular formula is C19H30IN3O3. The van der Waals surface area contributed by atoms with Gasteiger partial charge in [-0.3, -0.25) is 9.79 Å². The summed E-state index contributed by atoms with van der Waals surface area (Å²) in [5.41, 5.74) is 1.18. The van der Waals surface area contributed by atoms with E-state index in [1.165, 1.54) is 12.7 Å². The number of aliphatic imine (C=N–C) groups is 1. The van der Waals surface area contributed by atoms with Gasteiger partial charge in [-0.15, -0.1) is 24.0 Å². The van der Waals surface area contributed by atoms with E-state index < -0.39 is 0 Å². The lowest BCUT2D eigenvalue weighted by Crippen LogP contribution is -2.47. The number of halogens is 1. The number of nitrogens with one attached hydrogen (secondary N) is 1. The Labute approximate surface area is 173 Å². The van der Waals surface area contributed by atoms with Gasteiger partial charge >= 0.3 is 5.97 Å². The maximum absolute atomic E-state index is 11.6. The normalized spacial score (nSPS) is 16.5. The zero-order chi connectivity index (χ0) is 18.2. The number of benzene rings is 1. The van der Waals surface area contributed by atoms with Crippen LogP contribution < -0.4 is 10.1 Å². The maximum Gasteiger partial charge on any atom is 0.308 e. The summed E-state index contributed by atoms with van der Waals surface area (Å²) in [6, 6.07) is 8.08. The van der Waals surface area contributed by atoms with E-state index in [0.717, 1.165) is 44.2 Å². The van der Waals surface area contributed by atoms with Gasteiger partial charge in [-0.1, -0.05) is 25.1 Å². The van der Waals surface area contributed by atoms with E-state index in [1.54, 1.807) is 14.2 Å². The van der Waals surface area contributed by atoms with Crippen LogP contribution in [-0.2, 0) is 9.53 Å². The van der Waals surface area contributed by atoms with Gasteiger partial charge in [-0.05, 0) is 24.5 Å². The second-order valence-corrected chi connectivity index (χ2v) is 6.36. The monoisotopic (exact) mass is 475 g/mol. The van der Waals surface area contributed by atoms with Crippen molar-refractivity contribution in [2.24, 2.45) is 10.9 Å². The molecule has 0 saturated carbocycles. The lowest BCUT2D eigenvalue weighted by Gasteiger charge is -2.33. The average molecular weight is 475 g/mol. The molecule has 0 amide bonds. The summed E-state index contributed by atoms with van der Waals surface area (Å²) < 4.78 is 10.3. The molecule has 0 radical (unpaired) electrons. The third-order valence-electron chi connectivity index (χ3n) is 4.78. The summed E-state index contributed by atoms with van der Waals surface area (Å²) in [6.07, 6.45) is 1.60. The fourth-order valence-electron chi connectivity index (χ4n) is 3.25. The van der Waals surface area contributed by atoms with Crippen molar-refractivity contribution in [3.63, 3.8) is 0 Å². The Kier molecular flexibility index (Phi) is 9.75. The van der Waals surface area contributed by atoms with Crippen molar-refractivity contribution >= 4 is 35.9 Å². The molecule has 1 saturated heterocycles. The number of guanidine groups is 1. The summed E-state index contributed by atoms with van der Waals surface area (Å²) >= 11 is 0. The lowest BCUT2D eigenvalue weighted by molar-refractivity contribution is -0.146. The quantitative estimate of drug-likeness (QED) is 0.307. The summed E-state index contributed by atoms with van der Waals surface area (Å²) in [4.78, 5) is 18.2. The van der Waals surface area contributed by atoms with E-state index in [2.05, 4.69) is 28.2 Å². The molecule has 1 fully saturated rings. The number of methoxy groups -OCH3 is 2. The Balaban J connectivity index is 0.00000338. The number of piperidine rings is 1. The molecule has 1 aromatic carbocycles. The number of nitrogens with zero attached hydrogens (tertiary/aromatic N) is 2. The van der Waals surface area contributed by atoms with Gasteiger partial charge in [0.2, 0.25) is 0 Å². The van der Waals surface area contributed by atoms with Gasteiger partial charge in [0, 0.05) is 32.6 Å². The molecule has 146 valence electrons. The van der Waals surface area contributed by atoms with Crippen LogP contribution in [0, 0.1) is 5.92 Å². The van der Waals surface area contributed by atoms with Crippen LogP contribution in [0.5, 0.6) is 5.75 Å². The maximum atomic E-state index is 11.6. The fraction of sp³-hybridized carbons (Fsp3) is 0.579. The number of hydrogen-bond donors (Lipinski definition) is 1. The lowest BCUT2D eigenvalue weighted by atomic mass is 9.97. The molecule has 26 heavy (non-hydrogen) atoms. The molecule has 1 atom stereocenters. The number of likely N-dealkylation sites (tertiary alicyclic amines) is 1. The number of carbonyl (C=O) groups excluding carboxylic acids is 1. The molecule has 7 heteroatoms. The first-order chi connectivity index (χ1) is 12.1. The van der Waals surface area contributed by atoms with Crippen molar-refractivity contribution in [3.05, 3.63) is 29.8 Å². The largest absolute Gasteiger partial charge is 0.496 e. The minimum absolute atomic E-state index is 0. The predicted octanol–water partition coefficient (Wildman–Crippen LogP) is 2.88. The summed E-state index contributed by atoms with van der Waals surface area (Å²) in [5.74, 6) is 1.98. The zero-order valence-electron chi connectivity index (χ0n) is 16.0. The van der Waals surface area contributed by atoms with Crippen LogP contribution in [0.2, 0.25) is 0 Å². The molecule has 1 aliphatic rings. The molecular weight excluding hydrogens is 445 g/mol. The van der Waals surface area contributed by atoms with Gasteiger partial charge in [0.05, 0.1) is 20.1 Å². The van der Waals surface area contributed by atoms with E-state index in [-0.39, 0.29) is 35.9 Å². The van der Waals surface area contributed by atoms with Gasteiger partial charge in [0.15, 0.2) is 5.96 Å². The highest BCUT2D eigenvalue weighted by atomic mass is 127. The van der Waals surface area contributed by atoms with Crippen molar-refractivity contribution in [1.29, 1.82) is 0 Å². The highest BCUT2D eigenvalue weighted by Gasteiger charge is 2.27. The first kappa shape index (κ1) is 22.5. The van der Waals surface area contributed by atoms with Crippen LogP contribution in [0.15, 0.2) is 29.3 Å². The number of rotatable bonds is 5. The minimum atomic E-state index is -0.104. The van der Waals surface area contributed by atoms with Crippen molar-refractivity contribution in [2.45, 2.75) is 25.7 Å². The number of para-hydroxylation sites is 1. The number of ether oxygens (including phenoxy) is 2. The van der Waals surface area contributed by atoms with Crippen LogP contribution in [0.25, 0.3) is 0 Å². The summed E-state index contributed by atoms with van der Waals surface area (Å²) in [7, 11) is 4.94. The third kappa shape index (κ3) is 5.75. The molecule has 1 aromatic rings. The first-order valence-electron chi connectivity index (χ1n) is 8.77. The molecule has 0 spiro atoms. The van der Waals surface area contributed by atoms with E-state index in [1.807, 2.05) is 18.2 Å². The standard InChI is InChI=1S/C19H29N3O3.HI/c1-14(16-7-5-6-8-17(16)24-3)13-21-19(20-2)22-11-9-15(10-12-22)18(23)25-4;/h5-8,14-15H,9-13H2,1-4H3,(H,20,21);1H. The van der Waals surface area contributed by atoms with Crippen LogP contribution in [0.4, 0.5) is 0 Å². The molecule has 6 nitrogen and oxygen atoms in total. The second-order valence-electron chi connectivity index (χ2n) is 6.36. The molecule has 2 rings (SSSR count). The number of hydrogen-bond acceptors (Lipinski definition) is 4. The molecule has 0 aliphatic carbocycles. The van der Waals surface area contributed by atoms with Gasteiger partial charge in [0.1, 0.15) is 5.75 Å². The predicted molar refractivity (Wildman–Crippen MR) is 114 cm³/mol. The van der Waals surface area contributed by atoms with E-state index >= 15 is 0 Å². The van der Waals surface area contributed by atoms with E-state index in [9.17, 15) is 4.79 Å². The van der Waals surface area contributed by atoms with Crippen molar-refractivity contribution in [1.82, 2.24) is 10.2 Å². The molecule has 1 aliphatic heterocycles. The van der Waals surface area contributed by atoms with Crippen molar-refractivity contribution in [2.75, 3.05) is 40.9 Å². The molecule has 1 unspecified atom stereocenters. The molecule has 1 N–H and O–H groups in total. The van der Waals surface area contributed by atoms with Gasteiger partial charge in [-0.25, -0.2) is 0 Å². The van der Waals surface area contributed by atoms with Crippen LogP contribution in [0.1, 0.15) is 31.2 Å². The third-order valence-corrected chi connectivity index (χ3v) is 4.78. The SMILES string of the molecule is CN=C(NCC(C)c1ccccc1OC)N1CCC(C(=O)OC)CC1.I. The molecule has 0 bridgehead atoms. The van der Waals surface area contributed by atoms with Gasteiger partial charge in [0.25, 0.3) is 0 Å². The van der Waals surface area contributed by atoms with Gasteiger partial charge < -0.3 is 19.7 Å². The van der Waals surface area contributed by atoms with E-state index in [0.29, 0.717) is 5.92 Å². The van der Waals surface area contributed by atoms with Crippen molar-refractivity contribution in [3.8, 4) is 5.75 Å². The highest BCUT2D eigenvalue weighted by Crippen LogP contribution is 2.25. The Morgan fingerprint density at radius 1 is 1.31 bits per heavy atom. The number of esters is 1. The Hall–Kier alpha value is -1.51. The fourth-order valence-corrected chi connectivity index (χ4v) is 3.25. The second kappa shape index (κ2) is 11.3. The Bertz CT molecular complexity index is 601. The topological polar surface area (TPSA) is 63.2 Å². The zero-order valence-corrected chi connectivity index (χ0v) is 18.4. The smallest absolute Gasteiger partial charge is 0.308 e. The molecule has 1 heterocycles. The summed E-state index contributed by atoms with van der Waals surface area (Å²) in [6.45, 7) is 4.55. The Morgan fingerprint density at radius 2 is 1.96 bits per heavy atom. The minimum Gasteiger partial charge on any atom is -0.496 e. The number of carbonyl (C=O) groups is 1. The highest BCUT2D eigenvalue weighted by molar-refractivity contribution is 14.0. The van der Waals surface area contributed by atoms with Crippen molar-refractivity contribution < 1.29 is 14.3 Å². The first-order valence-corrected chi connectivity index (χ1v) is 8.77. The molecule has 0 aromatic heterocycles. The Morgan fingerprint density at radius 3 is 2.54 bits per heavy atom. The summed E-state index contributed by atoms with van der Waals surface area (Å²) in [5, 5.41) is 3.45. The average Bonchev–Trinajstić information content (AvgIpc) is 2.68. The van der Waals surface area contributed by atoms with Crippen LogP contribution >= 0.6 is 24.0 Å². The van der Waals surface area contributed by atoms with E-state index in [4.69, 9.17) is 9.47 Å². The van der Waals surface area contributed by atoms with Crippen LogP contribution in [-0.4, -0.2) is 57.7 Å². The van der Waals surface area contributed by atoms with Gasteiger partial charge in [-0.2, -0.15) is 0 Å². The van der Waals surface area contributed by atoms with Crippen LogP contribution in [0.3, 0.4) is 0 Å².